The molecule has 128 valence electrons. The highest BCUT2D eigenvalue weighted by Crippen LogP contribution is 2.23. The topological polar surface area (TPSA) is 62.4 Å². The maximum Gasteiger partial charge on any atom is 0.573 e. The molecule has 0 atom stereocenters. The lowest BCUT2D eigenvalue weighted by Gasteiger charge is -2.12. The van der Waals surface area contributed by atoms with Crippen molar-refractivity contribution in [3.63, 3.8) is 0 Å². The van der Waals surface area contributed by atoms with Gasteiger partial charge in [0.25, 0.3) is 0 Å². The van der Waals surface area contributed by atoms with Gasteiger partial charge in [0, 0.05) is 6.54 Å². The zero-order valence-corrected chi connectivity index (χ0v) is 12.8. The summed E-state index contributed by atoms with van der Waals surface area (Å²) in [5.41, 5.74) is 7.45. The Morgan fingerprint density at radius 1 is 1.04 bits per heavy atom. The predicted octanol–water partition coefficient (Wildman–Crippen LogP) is 3.72. The molecule has 0 saturated carbocycles. The minimum absolute atomic E-state index is 0.336. The van der Waals surface area contributed by atoms with E-state index in [4.69, 9.17) is 0 Å². The molecule has 2 aromatic rings. The average molecular weight is 339 g/mol. The van der Waals surface area contributed by atoms with Crippen molar-refractivity contribution in [3.8, 4) is 5.75 Å². The molecule has 0 fully saturated rings. The van der Waals surface area contributed by atoms with Crippen molar-refractivity contribution in [1.29, 1.82) is 0 Å². The number of hydrazine groups is 1. The van der Waals surface area contributed by atoms with Gasteiger partial charge in [-0.1, -0.05) is 29.8 Å². The summed E-state index contributed by atoms with van der Waals surface area (Å²) in [5.74, 6) is -0.336. The Morgan fingerprint density at radius 3 is 2.25 bits per heavy atom. The molecule has 0 bridgehead atoms. The number of anilines is 1. The van der Waals surface area contributed by atoms with Gasteiger partial charge in [0.1, 0.15) is 5.75 Å². The number of hydrogen-bond donors (Lipinski definition) is 3. The van der Waals surface area contributed by atoms with Crippen LogP contribution >= 0.6 is 0 Å². The van der Waals surface area contributed by atoms with Crippen molar-refractivity contribution in [2.45, 2.75) is 19.8 Å². The Balaban J connectivity index is 1.76. The molecule has 2 aromatic carbocycles. The standard InChI is InChI=1S/C16H16F3N3O2/c1-11-2-4-12(5-3-11)10-20-15(23)22-21-13-6-8-14(9-7-13)24-16(17,18)19/h2-9,21H,10H2,1H3,(H2,20,22,23). The van der Waals surface area contributed by atoms with E-state index in [0.29, 0.717) is 12.2 Å². The second kappa shape index (κ2) is 7.58. The number of hydrogen-bond acceptors (Lipinski definition) is 3. The third-order valence-electron chi connectivity index (χ3n) is 2.98. The molecule has 0 aliphatic carbocycles. The first-order valence-electron chi connectivity index (χ1n) is 7.03. The summed E-state index contributed by atoms with van der Waals surface area (Å²) in [4.78, 5) is 11.7. The van der Waals surface area contributed by atoms with Gasteiger partial charge < -0.3 is 10.1 Å². The molecule has 0 radical (unpaired) electrons. The summed E-state index contributed by atoms with van der Waals surface area (Å²) in [5, 5.41) is 2.65. The Morgan fingerprint density at radius 2 is 1.67 bits per heavy atom. The number of rotatable bonds is 5. The molecule has 2 amide bonds. The average Bonchev–Trinajstić information content (AvgIpc) is 2.52. The fraction of sp³-hybridized carbons (Fsp3) is 0.188. The molecule has 2 rings (SSSR count). The van der Waals surface area contributed by atoms with Crippen LogP contribution in [0, 0.1) is 6.92 Å². The van der Waals surface area contributed by atoms with Crippen LogP contribution in [0.15, 0.2) is 48.5 Å². The zero-order valence-electron chi connectivity index (χ0n) is 12.8. The summed E-state index contributed by atoms with van der Waals surface area (Å²) >= 11 is 0. The van der Waals surface area contributed by atoms with E-state index in [1.807, 2.05) is 31.2 Å². The second-order valence-electron chi connectivity index (χ2n) is 4.99. The van der Waals surface area contributed by atoms with Gasteiger partial charge in [0.15, 0.2) is 0 Å². The highest BCUT2D eigenvalue weighted by Gasteiger charge is 2.30. The van der Waals surface area contributed by atoms with Crippen molar-refractivity contribution in [3.05, 3.63) is 59.7 Å². The highest BCUT2D eigenvalue weighted by atomic mass is 19.4. The quantitative estimate of drug-likeness (QED) is 0.728. The van der Waals surface area contributed by atoms with E-state index in [2.05, 4.69) is 20.9 Å². The van der Waals surface area contributed by atoms with Crippen molar-refractivity contribution in [2.24, 2.45) is 0 Å². The van der Waals surface area contributed by atoms with Gasteiger partial charge in [-0.05, 0) is 36.8 Å². The van der Waals surface area contributed by atoms with Crippen molar-refractivity contribution >= 4 is 11.7 Å². The Hall–Kier alpha value is -2.90. The molecule has 8 heteroatoms. The molecule has 0 aliphatic rings. The number of amides is 2. The van der Waals surface area contributed by atoms with Crippen LogP contribution in [0.25, 0.3) is 0 Å². The summed E-state index contributed by atoms with van der Waals surface area (Å²) in [6, 6.07) is 12.2. The molecular weight excluding hydrogens is 323 g/mol. The van der Waals surface area contributed by atoms with Gasteiger partial charge in [0.05, 0.1) is 5.69 Å². The maximum absolute atomic E-state index is 12.0. The number of carbonyl (C=O) groups is 1. The SMILES string of the molecule is Cc1ccc(CNC(=O)NNc2ccc(OC(F)(F)F)cc2)cc1. The Labute approximate surface area is 136 Å². The number of urea groups is 1. The normalized spacial score (nSPS) is 10.8. The smallest absolute Gasteiger partial charge is 0.406 e. The summed E-state index contributed by atoms with van der Waals surface area (Å²) in [6.45, 7) is 2.32. The van der Waals surface area contributed by atoms with Gasteiger partial charge in [-0.25, -0.2) is 4.79 Å². The number of benzene rings is 2. The van der Waals surface area contributed by atoms with E-state index in [-0.39, 0.29) is 5.75 Å². The fourth-order valence-electron chi connectivity index (χ4n) is 1.80. The minimum atomic E-state index is -4.73. The van der Waals surface area contributed by atoms with Crippen LogP contribution < -0.4 is 20.9 Å². The molecule has 0 heterocycles. The van der Waals surface area contributed by atoms with Gasteiger partial charge in [-0.3, -0.25) is 10.9 Å². The van der Waals surface area contributed by atoms with E-state index >= 15 is 0 Å². The third kappa shape index (κ3) is 6.07. The van der Waals surface area contributed by atoms with Crippen molar-refractivity contribution < 1.29 is 22.7 Å². The van der Waals surface area contributed by atoms with Crippen LogP contribution in [-0.2, 0) is 6.54 Å². The molecular formula is C16H16F3N3O2. The van der Waals surface area contributed by atoms with E-state index in [0.717, 1.165) is 23.3 Å². The molecule has 0 aliphatic heterocycles. The highest BCUT2D eigenvalue weighted by molar-refractivity contribution is 5.75. The van der Waals surface area contributed by atoms with E-state index in [1.54, 1.807) is 0 Å². The fourth-order valence-corrected chi connectivity index (χ4v) is 1.80. The largest absolute Gasteiger partial charge is 0.573 e. The molecule has 5 nitrogen and oxygen atoms in total. The first-order chi connectivity index (χ1) is 11.3. The maximum atomic E-state index is 12.0. The Kier molecular flexibility index (Phi) is 5.51. The Bertz CT molecular complexity index is 670. The summed E-state index contributed by atoms with van der Waals surface area (Å²) < 4.78 is 39.9. The van der Waals surface area contributed by atoms with Crippen molar-refractivity contribution in [2.75, 3.05) is 5.43 Å². The van der Waals surface area contributed by atoms with Gasteiger partial charge in [0.2, 0.25) is 0 Å². The lowest BCUT2D eigenvalue weighted by Crippen LogP contribution is -2.38. The van der Waals surface area contributed by atoms with Crippen molar-refractivity contribution in [1.82, 2.24) is 10.7 Å². The number of alkyl halides is 3. The van der Waals surface area contributed by atoms with Crippen LogP contribution in [-0.4, -0.2) is 12.4 Å². The molecule has 0 saturated heterocycles. The number of aryl methyl sites for hydroxylation is 1. The molecule has 0 spiro atoms. The number of nitrogens with one attached hydrogen (secondary N) is 3. The van der Waals surface area contributed by atoms with Crippen LogP contribution in [0.2, 0.25) is 0 Å². The zero-order chi connectivity index (χ0) is 17.6. The monoisotopic (exact) mass is 339 g/mol. The van der Waals surface area contributed by atoms with Gasteiger partial charge >= 0.3 is 12.4 Å². The minimum Gasteiger partial charge on any atom is -0.406 e. The third-order valence-corrected chi connectivity index (χ3v) is 2.98. The van der Waals surface area contributed by atoms with E-state index < -0.39 is 12.4 Å². The molecule has 3 N–H and O–H groups in total. The van der Waals surface area contributed by atoms with Crippen LogP contribution in [0.5, 0.6) is 5.75 Å². The van der Waals surface area contributed by atoms with Gasteiger partial charge in [-0.2, -0.15) is 0 Å². The lowest BCUT2D eigenvalue weighted by molar-refractivity contribution is -0.274. The van der Waals surface area contributed by atoms with E-state index in [1.165, 1.54) is 12.1 Å². The summed E-state index contributed by atoms with van der Waals surface area (Å²) in [6.07, 6.45) is -4.73. The first kappa shape index (κ1) is 17.5. The van der Waals surface area contributed by atoms with E-state index in [9.17, 15) is 18.0 Å². The van der Waals surface area contributed by atoms with Crippen LogP contribution in [0.4, 0.5) is 23.7 Å². The molecule has 0 aromatic heterocycles. The molecule has 0 unspecified atom stereocenters. The predicted molar refractivity (Wildman–Crippen MR) is 83.3 cm³/mol. The number of ether oxygens (including phenoxy) is 1. The number of halogens is 3. The molecule has 24 heavy (non-hydrogen) atoms. The van der Waals surface area contributed by atoms with Crippen LogP contribution in [0.1, 0.15) is 11.1 Å². The number of carbonyl (C=O) groups excluding carboxylic acids is 1. The summed E-state index contributed by atoms with van der Waals surface area (Å²) in [7, 11) is 0. The first-order valence-corrected chi connectivity index (χ1v) is 7.03. The van der Waals surface area contributed by atoms with Crippen LogP contribution in [0.3, 0.4) is 0 Å². The lowest BCUT2D eigenvalue weighted by atomic mass is 10.1. The van der Waals surface area contributed by atoms with Gasteiger partial charge in [-0.15, -0.1) is 13.2 Å². The second-order valence-corrected chi connectivity index (χ2v) is 4.99.